The van der Waals surface area contributed by atoms with E-state index in [2.05, 4.69) is 17.0 Å². The quantitative estimate of drug-likeness (QED) is 0.880. The second kappa shape index (κ2) is 6.56. The maximum absolute atomic E-state index is 12.3. The summed E-state index contributed by atoms with van der Waals surface area (Å²) in [5, 5.41) is 2.76. The lowest BCUT2D eigenvalue weighted by Gasteiger charge is -2.27. The van der Waals surface area contributed by atoms with Crippen LogP contribution in [0.2, 0.25) is 0 Å². The summed E-state index contributed by atoms with van der Waals surface area (Å²) in [6, 6.07) is 3.16. The topological polar surface area (TPSA) is 76.5 Å². The Morgan fingerprint density at radius 2 is 2.13 bits per heavy atom. The second-order valence-electron chi connectivity index (χ2n) is 6.29. The molecule has 0 saturated heterocycles. The zero-order valence-electron chi connectivity index (χ0n) is 13.7. The minimum Gasteiger partial charge on any atom is -0.461 e. The molecule has 1 aliphatic carbocycles. The molecular formula is C17H23N3O3. The van der Waals surface area contributed by atoms with Crippen LogP contribution in [-0.2, 0) is 4.74 Å². The molecule has 0 aromatic carbocycles. The van der Waals surface area contributed by atoms with E-state index in [9.17, 15) is 9.59 Å². The second-order valence-corrected chi connectivity index (χ2v) is 6.29. The van der Waals surface area contributed by atoms with Crippen molar-refractivity contribution in [1.82, 2.24) is 14.6 Å². The first-order chi connectivity index (χ1) is 11.1. The number of rotatable bonds is 4. The fraction of sp³-hybridized carbons (Fsp3) is 0.588. The largest absolute Gasteiger partial charge is 0.461 e. The first-order valence-electron chi connectivity index (χ1n) is 8.40. The number of aromatic nitrogens is 3. The molecule has 1 fully saturated rings. The van der Waals surface area contributed by atoms with Gasteiger partial charge in [0.05, 0.1) is 12.3 Å². The van der Waals surface area contributed by atoms with E-state index in [4.69, 9.17) is 4.74 Å². The van der Waals surface area contributed by atoms with E-state index in [-0.39, 0.29) is 17.2 Å². The molecule has 2 aromatic rings. The standard InChI is InChI=1S/C17H23N3O3/c1-3-23-17(22)14-9-15-18-13(10-16(21)20(15)19-14)11(2)12-7-5-4-6-8-12/h9-12,19H,3-8H2,1-2H3. The van der Waals surface area contributed by atoms with Crippen molar-refractivity contribution < 1.29 is 9.53 Å². The highest BCUT2D eigenvalue weighted by molar-refractivity contribution is 5.88. The van der Waals surface area contributed by atoms with Crippen LogP contribution in [0.5, 0.6) is 0 Å². The van der Waals surface area contributed by atoms with Crippen LogP contribution >= 0.6 is 0 Å². The molecule has 2 aromatic heterocycles. The molecule has 1 N–H and O–H groups in total. The van der Waals surface area contributed by atoms with Crippen LogP contribution in [-0.4, -0.2) is 27.2 Å². The lowest BCUT2D eigenvalue weighted by Crippen LogP contribution is -2.20. The molecule has 6 heteroatoms. The molecule has 1 atom stereocenters. The Morgan fingerprint density at radius 3 is 2.83 bits per heavy atom. The average molecular weight is 317 g/mol. The predicted molar refractivity (Wildman–Crippen MR) is 86.8 cm³/mol. The van der Waals surface area contributed by atoms with Crippen molar-refractivity contribution in [3.05, 3.63) is 33.9 Å². The van der Waals surface area contributed by atoms with E-state index in [0.717, 1.165) is 5.69 Å². The Hall–Kier alpha value is -2.11. The van der Waals surface area contributed by atoms with Gasteiger partial charge in [-0.3, -0.25) is 9.89 Å². The summed E-state index contributed by atoms with van der Waals surface area (Å²) < 4.78 is 6.25. The number of hydrogen-bond donors (Lipinski definition) is 1. The number of nitrogens with one attached hydrogen (secondary N) is 1. The highest BCUT2D eigenvalue weighted by atomic mass is 16.5. The number of carbonyl (C=O) groups is 1. The minimum atomic E-state index is -0.473. The first kappa shape index (κ1) is 15.8. The van der Waals surface area contributed by atoms with Crippen molar-refractivity contribution >= 4 is 11.6 Å². The van der Waals surface area contributed by atoms with Crippen molar-refractivity contribution in [2.75, 3.05) is 6.61 Å². The molecule has 1 aliphatic rings. The van der Waals surface area contributed by atoms with Crippen LogP contribution in [0.1, 0.15) is 68.1 Å². The maximum Gasteiger partial charge on any atom is 0.356 e. The van der Waals surface area contributed by atoms with Crippen molar-refractivity contribution in [2.24, 2.45) is 5.92 Å². The average Bonchev–Trinajstić information content (AvgIpc) is 3.00. The number of H-pyrrole nitrogens is 1. The SMILES string of the molecule is CCOC(=O)c1cc2nc(C(C)C3CCCCC3)cc(=O)n2[nH]1. The fourth-order valence-corrected chi connectivity index (χ4v) is 3.43. The van der Waals surface area contributed by atoms with Crippen LogP contribution < -0.4 is 5.56 Å². The van der Waals surface area contributed by atoms with E-state index in [1.165, 1.54) is 36.6 Å². The van der Waals surface area contributed by atoms with Crippen LogP contribution in [0.25, 0.3) is 5.65 Å². The summed E-state index contributed by atoms with van der Waals surface area (Å²) in [7, 11) is 0. The maximum atomic E-state index is 12.3. The lowest BCUT2D eigenvalue weighted by atomic mass is 9.79. The van der Waals surface area contributed by atoms with Crippen LogP contribution in [0.4, 0.5) is 0 Å². The van der Waals surface area contributed by atoms with Gasteiger partial charge in [-0.05, 0) is 25.7 Å². The van der Waals surface area contributed by atoms with Gasteiger partial charge in [-0.1, -0.05) is 26.2 Å². The normalized spacial score (nSPS) is 17.3. The van der Waals surface area contributed by atoms with Gasteiger partial charge in [-0.25, -0.2) is 14.3 Å². The number of ether oxygens (including phenoxy) is 1. The zero-order valence-corrected chi connectivity index (χ0v) is 13.7. The zero-order chi connectivity index (χ0) is 16.4. The highest BCUT2D eigenvalue weighted by Crippen LogP contribution is 2.34. The fourth-order valence-electron chi connectivity index (χ4n) is 3.43. The number of fused-ring (bicyclic) bond motifs is 1. The minimum absolute atomic E-state index is 0.191. The number of nitrogens with zero attached hydrogens (tertiary/aromatic N) is 2. The Balaban J connectivity index is 1.93. The van der Waals surface area contributed by atoms with Gasteiger partial charge >= 0.3 is 5.97 Å². The molecule has 124 valence electrons. The van der Waals surface area contributed by atoms with E-state index in [0.29, 0.717) is 18.2 Å². The Labute approximate surface area is 134 Å². The molecular weight excluding hydrogens is 294 g/mol. The molecule has 0 spiro atoms. The van der Waals surface area contributed by atoms with Crippen molar-refractivity contribution in [1.29, 1.82) is 0 Å². The predicted octanol–water partition coefficient (Wildman–Crippen LogP) is 2.88. The Kier molecular flexibility index (Phi) is 4.50. The van der Waals surface area contributed by atoms with Gasteiger partial charge in [0, 0.05) is 18.1 Å². The smallest absolute Gasteiger partial charge is 0.356 e. The van der Waals surface area contributed by atoms with Crippen LogP contribution in [0.3, 0.4) is 0 Å². The van der Waals surface area contributed by atoms with E-state index < -0.39 is 5.97 Å². The molecule has 2 heterocycles. The molecule has 1 saturated carbocycles. The summed E-state index contributed by atoms with van der Waals surface area (Å²) >= 11 is 0. The third-order valence-corrected chi connectivity index (χ3v) is 4.79. The van der Waals surface area contributed by atoms with Gasteiger partial charge in [0.15, 0.2) is 5.65 Å². The third-order valence-electron chi connectivity index (χ3n) is 4.79. The van der Waals surface area contributed by atoms with Crippen molar-refractivity contribution in [3.8, 4) is 0 Å². The first-order valence-corrected chi connectivity index (χ1v) is 8.40. The number of hydrogen-bond acceptors (Lipinski definition) is 4. The van der Waals surface area contributed by atoms with Crippen molar-refractivity contribution in [2.45, 2.75) is 51.9 Å². The third kappa shape index (κ3) is 3.16. The molecule has 0 aliphatic heterocycles. The number of aromatic amines is 1. The molecule has 6 nitrogen and oxygen atoms in total. The van der Waals surface area contributed by atoms with E-state index in [1.54, 1.807) is 19.1 Å². The van der Waals surface area contributed by atoms with Crippen LogP contribution in [0.15, 0.2) is 16.9 Å². The number of carbonyl (C=O) groups excluding carboxylic acids is 1. The highest BCUT2D eigenvalue weighted by Gasteiger charge is 2.23. The lowest BCUT2D eigenvalue weighted by molar-refractivity contribution is 0.0519. The summed E-state index contributed by atoms with van der Waals surface area (Å²) in [5.41, 5.74) is 1.34. The summed E-state index contributed by atoms with van der Waals surface area (Å²) in [4.78, 5) is 28.7. The molecule has 0 amide bonds. The van der Waals surface area contributed by atoms with Crippen LogP contribution in [0, 0.1) is 5.92 Å². The van der Waals surface area contributed by atoms with Crippen molar-refractivity contribution in [3.63, 3.8) is 0 Å². The van der Waals surface area contributed by atoms with Gasteiger partial charge in [0.2, 0.25) is 0 Å². The van der Waals surface area contributed by atoms with Gasteiger partial charge in [-0.15, -0.1) is 0 Å². The van der Waals surface area contributed by atoms with E-state index >= 15 is 0 Å². The van der Waals surface area contributed by atoms with Gasteiger partial charge in [-0.2, -0.15) is 0 Å². The summed E-state index contributed by atoms with van der Waals surface area (Å²) in [6.07, 6.45) is 6.21. The molecule has 0 bridgehead atoms. The molecule has 23 heavy (non-hydrogen) atoms. The van der Waals surface area contributed by atoms with Gasteiger partial charge in [0.25, 0.3) is 5.56 Å². The monoisotopic (exact) mass is 317 g/mol. The van der Waals surface area contributed by atoms with Gasteiger partial charge in [0.1, 0.15) is 5.69 Å². The molecule has 3 rings (SSSR count). The number of esters is 1. The van der Waals surface area contributed by atoms with E-state index in [1.807, 2.05) is 0 Å². The van der Waals surface area contributed by atoms with Gasteiger partial charge < -0.3 is 4.74 Å². The summed E-state index contributed by atoms with van der Waals surface area (Å²) in [6.45, 7) is 4.18. The summed E-state index contributed by atoms with van der Waals surface area (Å²) in [5.74, 6) is 0.370. The molecule has 1 unspecified atom stereocenters. The Bertz CT molecular complexity index is 756. The molecule has 0 radical (unpaired) electrons. The Morgan fingerprint density at radius 1 is 1.39 bits per heavy atom.